The molecule has 0 bridgehead atoms. The van der Waals surface area contributed by atoms with Gasteiger partial charge in [0.2, 0.25) is 11.8 Å². The summed E-state index contributed by atoms with van der Waals surface area (Å²) in [5.74, 6) is 1.08. The molecular formula is C13H14FN5O2. The molecule has 0 saturated carbocycles. The maximum atomic E-state index is 13.7. The van der Waals surface area contributed by atoms with Crippen molar-refractivity contribution in [3.63, 3.8) is 0 Å². The highest BCUT2D eigenvalue weighted by molar-refractivity contribution is 5.80. The fourth-order valence-corrected chi connectivity index (χ4v) is 2.19. The van der Waals surface area contributed by atoms with Crippen molar-refractivity contribution in [2.45, 2.75) is 19.9 Å². The van der Waals surface area contributed by atoms with Crippen LogP contribution in [-0.2, 0) is 13.0 Å². The van der Waals surface area contributed by atoms with Gasteiger partial charge in [0.25, 0.3) is 0 Å². The number of nitrogen functional groups attached to an aromatic ring is 1. The van der Waals surface area contributed by atoms with Gasteiger partial charge in [0.15, 0.2) is 17.4 Å². The molecule has 3 rings (SSSR count). The maximum absolute atomic E-state index is 13.7. The largest absolute Gasteiger partial charge is 0.494 e. The van der Waals surface area contributed by atoms with E-state index in [4.69, 9.17) is 15.0 Å². The molecule has 0 fully saturated rings. The summed E-state index contributed by atoms with van der Waals surface area (Å²) in [5, 5.41) is 3.83. The zero-order chi connectivity index (χ0) is 15.0. The molecule has 0 aliphatic carbocycles. The van der Waals surface area contributed by atoms with Crippen molar-refractivity contribution in [3.8, 4) is 5.75 Å². The van der Waals surface area contributed by atoms with Crippen molar-refractivity contribution in [2.75, 3.05) is 12.8 Å². The number of halogens is 1. The van der Waals surface area contributed by atoms with Gasteiger partial charge in [-0.2, -0.15) is 4.98 Å². The zero-order valence-electron chi connectivity index (χ0n) is 11.6. The van der Waals surface area contributed by atoms with Crippen LogP contribution in [0, 0.1) is 12.7 Å². The highest BCUT2D eigenvalue weighted by Crippen LogP contribution is 2.26. The Hall–Kier alpha value is -2.64. The van der Waals surface area contributed by atoms with Crippen LogP contribution in [0.3, 0.4) is 0 Å². The third kappa shape index (κ3) is 2.39. The molecule has 0 amide bonds. The van der Waals surface area contributed by atoms with Crippen molar-refractivity contribution in [2.24, 2.45) is 0 Å². The van der Waals surface area contributed by atoms with Gasteiger partial charge < -0.3 is 19.6 Å². The predicted molar refractivity (Wildman–Crippen MR) is 73.4 cm³/mol. The number of nitrogens with two attached hydrogens (primary N) is 1. The Kier molecular flexibility index (Phi) is 3.20. The third-order valence-electron chi connectivity index (χ3n) is 3.18. The molecule has 2 N–H and O–H groups in total. The number of imidazole rings is 1. The molecule has 0 atom stereocenters. The number of nitrogens with zero attached hydrogens (tertiary/aromatic N) is 4. The first-order chi connectivity index (χ1) is 10.1. The van der Waals surface area contributed by atoms with Gasteiger partial charge >= 0.3 is 0 Å². The summed E-state index contributed by atoms with van der Waals surface area (Å²) in [6, 6.07) is 2.88. The number of rotatable bonds is 4. The summed E-state index contributed by atoms with van der Waals surface area (Å²) in [4.78, 5) is 8.28. The van der Waals surface area contributed by atoms with E-state index >= 15 is 0 Å². The predicted octanol–water partition coefficient (Wildman–Crippen LogP) is 1.70. The van der Waals surface area contributed by atoms with E-state index in [1.165, 1.54) is 13.2 Å². The van der Waals surface area contributed by atoms with Crippen LogP contribution in [0.2, 0.25) is 0 Å². The highest BCUT2D eigenvalue weighted by atomic mass is 19.1. The molecule has 3 aromatic rings. The number of aryl methyl sites for hydroxylation is 3. The summed E-state index contributed by atoms with van der Waals surface area (Å²) in [6.45, 7) is 2.24. The van der Waals surface area contributed by atoms with E-state index in [9.17, 15) is 4.39 Å². The van der Waals surface area contributed by atoms with Gasteiger partial charge in [-0.1, -0.05) is 5.16 Å². The molecule has 0 unspecified atom stereocenters. The molecule has 1 aromatic carbocycles. The fraction of sp³-hybridized carbons (Fsp3) is 0.308. The number of anilines is 1. The third-order valence-corrected chi connectivity index (χ3v) is 3.18. The average molecular weight is 291 g/mol. The first-order valence-electron chi connectivity index (χ1n) is 6.37. The number of hydrogen-bond donors (Lipinski definition) is 1. The first kappa shape index (κ1) is 13.3. The summed E-state index contributed by atoms with van der Waals surface area (Å²) >= 11 is 0. The van der Waals surface area contributed by atoms with Crippen molar-refractivity contribution in [3.05, 3.63) is 29.7 Å². The highest BCUT2D eigenvalue weighted by Gasteiger charge is 2.14. The molecule has 110 valence electrons. The number of ether oxygens (including phenoxy) is 1. The van der Waals surface area contributed by atoms with E-state index in [-0.39, 0.29) is 5.75 Å². The van der Waals surface area contributed by atoms with Crippen LogP contribution >= 0.6 is 0 Å². The van der Waals surface area contributed by atoms with Crippen LogP contribution in [0.15, 0.2) is 16.7 Å². The number of benzene rings is 1. The van der Waals surface area contributed by atoms with Crippen LogP contribution in [0.25, 0.3) is 11.0 Å². The molecular weight excluding hydrogens is 277 g/mol. The van der Waals surface area contributed by atoms with Crippen LogP contribution in [0.1, 0.15) is 11.7 Å². The van der Waals surface area contributed by atoms with Crippen LogP contribution in [0.4, 0.5) is 10.3 Å². The minimum absolute atomic E-state index is 0.152. The van der Waals surface area contributed by atoms with E-state index in [0.717, 1.165) is 0 Å². The standard InChI is InChI=1S/C13H14FN5O2/c1-7-16-12(18-21-7)3-4-19-10-6-11(20-2)8(14)5-9(10)17-13(19)15/h5-6H,3-4H2,1-2H3,(H2,15,17). The number of aromatic nitrogens is 4. The number of hydrogen-bond acceptors (Lipinski definition) is 6. The minimum Gasteiger partial charge on any atom is -0.494 e. The molecule has 7 nitrogen and oxygen atoms in total. The summed E-state index contributed by atoms with van der Waals surface area (Å²) in [5.41, 5.74) is 7.07. The van der Waals surface area contributed by atoms with E-state index < -0.39 is 5.82 Å². The SMILES string of the molecule is COc1cc2c(cc1F)nc(N)n2CCc1noc(C)n1. The van der Waals surface area contributed by atoms with Gasteiger partial charge in [-0.05, 0) is 0 Å². The summed E-state index contributed by atoms with van der Waals surface area (Å²) in [6.07, 6.45) is 0.534. The summed E-state index contributed by atoms with van der Waals surface area (Å²) in [7, 11) is 1.41. The van der Waals surface area contributed by atoms with E-state index in [0.29, 0.717) is 41.7 Å². The van der Waals surface area contributed by atoms with Gasteiger partial charge in [-0.25, -0.2) is 9.37 Å². The van der Waals surface area contributed by atoms with Crippen LogP contribution in [-0.4, -0.2) is 26.8 Å². The number of fused-ring (bicyclic) bond motifs is 1. The quantitative estimate of drug-likeness (QED) is 0.786. The lowest BCUT2D eigenvalue weighted by Gasteiger charge is -2.06. The molecule has 2 heterocycles. The van der Waals surface area contributed by atoms with E-state index in [2.05, 4.69) is 15.1 Å². The fourth-order valence-electron chi connectivity index (χ4n) is 2.19. The van der Waals surface area contributed by atoms with Gasteiger partial charge in [-0.15, -0.1) is 0 Å². The lowest BCUT2D eigenvalue weighted by Crippen LogP contribution is -2.06. The molecule has 2 aromatic heterocycles. The van der Waals surface area contributed by atoms with E-state index in [1.54, 1.807) is 17.6 Å². The molecule has 0 saturated heterocycles. The number of methoxy groups -OCH3 is 1. The second-order valence-corrected chi connectivity index (χ2v) is 4.58. The monoisotopic (exact) mass is 291 g/mol. The van der Waals surface area contributed by atoms with Crippen molar-refractivity contribution in [1.29, 1.82) is 0 Å². The van der Waals surface area contributed by atoms with Gasteiger partial charge in [0.1, 0.15) is 0 Å². The second-order valence-electron chi connectivity index (χ2n) is 4.58. The Bertz CT molecular complexity index is 795. The Morgan fingerprint density at radius 1 is 1.38 bits per heavy atom. The topological polar surface area (TPSA) is 92.0 Å². The van der Waals surface area contributed by atoms with Gasteiger partial charge in [-0.3, -0.25) is 0 Å². The van der Waals surface area contributed by atoms with Gasteiger partial charge in [0.05, 0.1) is 18.1 Å². The van der Waals surface area contributed by atoms with Crippen molar-refractivity contribution >= 4 is 17.0 Å². The van der Waals surface area contributed by atoms with Crippen LogP contribution < -0.4 is 10.5 Å². The zero-order valence-corrected chi connectivity index (χ0v) is 11.6. The van der Waals surface area contributed by atoms with Crippen LogP contribution in [0.5, 0.6) is 5.75 Å². The molecule has 0 aliphatic rings. The van der Waals surface area contributed by atoms with Gasteiger partial charge in [0, 0.05) is 32.0 Å². The molecule has 0 radical (unpaired) electrons. The Balaban J connectivity index is 1.95. The maximum Gasteiger partial charge on any atom is 0.223 e. The molecule has 21 heavy (non-hydrogen) atoms. The lowest BCUT2D eigenvalue weighted by atomic mass is 10.2. The minimum atomic E-state index is -0.469. The van der Waals surface area contributed by atoms with Crippen molar-refractivity contribution < 1.29 is 13.7 Å². The normalized spacial score (nSPS) is 11.2. The molecule has 0 aliphatic heterocycles. The Morgan fingerprint density at radius 2 is 2.19 bits per heavy atom. The first-order valence-corrected chi connectivity index (χ1v) is 6.37. The average Bonchev–Trinajstić information content (AvgIpc) is 2.98. The smallest absolute Gasteiger partial charge is 0.223 e. The lowest BCUT2D eigenvalue weighted by molar-refractivity contribution is 0.386. The summed E-state index contributed by atoms with van der Waals surface area (Å²) < 4.78 is 25.3. The van der Waals surface area contributed by atoms with Crippen molar-refractivity contribution in [1.82, 2.24) is 19.7 Å². The molecule has 0 spiro atoms. The molecule has 8 heteroatoms. The Morgan fingerprint density at radius 3 is 2.86 bits per heavy atom. The van der Waals surface area contributed by atoms with E-state index in [1.807, 2.05) is 0 Å². The Labute approximate surface area is 119 Å². The second kappa shape index (κ2) is 5.04.